The van der Waals surface area contributed by atoms with Crippen LogP contribution >= 0.6 is 23.2 Å². The third-order valence-corrected chi connectivity index (χ3v) is 0.354. The maximum absolute atomic E-state index is 8.98. The molecule has 0 radical (unpaired) electrons. The van der Waals surface area contributed by atoms with Crippen LogP contribution in [-0.4, -0.2) is 4.70 Å². The lowest BCUT2D eigenvalue weighted by Crippen LogP contribution is -1.46. The van der Waals surface area contributed by atoms with Crippen molar-refractivity contribution in [1.29, 1.82) is 0 Å². The third-order valence-electron chi connectivity index (χ3n) is 0.354. The molecule has 0 amide bonds. The van der Waals surface area contributed by atoms with Gasteiger partial charge in [0, 0.05) is 0 Å². The summed E-state index contributed by atoms with van der Waals surface area (Å²) in [6.07, 6.45) is 4.50. The first-order chi connectivity index (χ1) is 3.23. The zero-order valence-electron chi connectivity index (χ0n) is 3.79. The molecule has 0 unspecified atom stereocenters. The van der Waals surface area contributed by atoms with E-state index in [0.717, 1.165) is 0 Å². The molecule has 42 valence electrons. The van der Waals surface area contributed by atoms with Crippen LogP contribution in [0.3, 0.4) is 0 Å². The fraction of sp³-hybridized carbons (Fsp3) is 0.750. The molecule has 0 aromatic heterocycles. The van der Waals surface area contributed by atoms with E-state index in [2.05, 4.69) is 23.2 Å². The maximum Gasteiger partial charge on any atom is 0.313 e. The molecule has 1 nitrogen and oxygen atoms in total. The molecule has 1 fully saturated rings. The quantitative estimate of drug-likeness (QED) is 0.474. The van der Waals surface area contributed by atoms with Gasteiger partial charge in [-0.3, -0.25) is 4.79 Å². The summed E-state index contributed by atoms with van der Waals surface area (Å²) in [5.41, 5.74) is 0. The van der Waals surface area contributed by atoms with Gasteiger partial charge in [0.2, 0.25) is 0 Å². The molecule has 1 rings (SSSR count). The topological polar surface area (TPSA) is 17.1 Å². The Balaban J connectivity index is 0.000000105. The van der Waals surface area contributed by atoms with E-state index in [1.54, 1.807) is 0 Å². The minimum absolute atomic E-state index is 0.889. The fourth-order valence-corrected chi connectivity index (χ4v) is 0. The first-order valence-electron chi connectivity index (χ1n) is 2.08. The monoisotopic (exact) mass is 140 g/mol. The molecule has 0 spiro atoms. The van der Waals surface area contributed by atoms with Crippen LogP contribution in [0.5, 0.6) is 0 Å². The average Bonchev–Trinajstić information content (AvgIpc) is 2.02. The van der Waals surface area contributed by atoms with Gasteiger partial charge in [-0.05, 0) is 23.2 Å². The van der Waals surface area contributed by atoms with Crippen LogP contribution in [0.1, 0.15) is 19.3 Å². The van der Waals surface area contributed by atoms with Gasteiger partial charge in [-0.1, -0.05) is 19.3 Å². The number of hydrogen-bond donors (Lipinski definition) is 0. The van der Waals surface area contributed by atoms with Crippen LogP contribution < -0.4 is 0 Å². The Bertz CT molecular complexity index is 54.0. The molecule has 0 aromatic rings. The third kappa shape index (κ3) is 72.2. The fourth-order valence-electron chi connectivity index (χ4n) is 0. The number of halogens is 2. The lowest BCUT2D eigenvalue weighted by molar-refractivity contribution is 0.275. The summed E-state index contributed by atoms with van der Waals surface area (Å²) in [5.74, 6) is 0. The van der Waals surface area contributed by atoms with Crippen molar-refractivity contribution < 1.29 is 4.79 Å². The van der Waals surface area contributed by atoms with E-state index in [4.69, 9.17) is 4.79 Å². The smallest absolute Gasteiger partial charge is 0.262 e. The Labute approximate surface area is 52.6 Å². The van der Waals surface area contributed by atoms with E-state index in [-0.39, 0.29) is 0 Å². The minimum atomic E-state index is -0.889. The van der Waals surface area contributed by atoms with Crippen LogP contribution in [0.15, 0.2) is 0 Å². The summed E-state index contributed by atoms with van der Waals surface area (Å²) < 4.78 is -0.889. The molecule has 0 atom stereocenters. The summed E-state index contributed by atoms with van der Waals surface area (Å²) in [6.45, 7) is 0. The van der Waals surface area contributed by atoms with Crippen molar-refractivity contribution in [1.82, 2.24) is 0 Å². The molecule has 3 heteroatoms. The van der Waals surface area contributed by atoms with Crippen LogP contribution in [-0.2, 0) is 0 Å². The molecule has 0 aromatic carbocycles. The van der Waals surface area contributed by atoms with E-state index in [1.807, 2.05) is 0 Å². The second-order valence-corrected chi connectivity index (χ2v) is 2.17. The van der Waals surface area contributed by atoms with Gasteiger partial charge < -0.3 is 0 Å². The molecule has 1 aliphatic rings. The first kappa shape index (κ1) is 7.25. The second kappa shape index (κ2) is 4.41. The molecule has 1 saturated carbocycles. The normalized spacial score (nSPS) is 14.0. The number of hydrogen-bond acceptors (Lipinski definition) is 1. The lowest BCUT2D eigenvalue weighted by Gasteiger charge is -1.48. The molecule has 7 heavy (non-hydrogen) atoms. The summed E-state index contributed by atoms with van der Waals surface area (Å²) in [5, 5.41) is 0. The largest absolute Gasteiger partial charge is 0.313 e. The molecule has 1 aliphatic carbocycles. The van der Waals surface area contributed by atoms with E-state index < -0.39 is 4.70 Å². The predicted octanol–water partition coefficient (Wildman–Crippen LogP) is 2.75. The van der Waals surface area contributed by atoms with Crippen molar-refractivity contribution in [3.05, 3.63) is 0 Å². The van der Waals surface area contributed by atoms with Gasteiger partial charge >= 0.3 is 4.70 Å². The van der Waals surface area contributed by atoms with Crippen molar-refractivity contribution in [2.75, 3.05) is 0 Å². The van der Waals surface area contributed by atoms with Crippen LogP contribution in [0.25, 0.3) is 0 Å². The second-order valence-electron chi connectivity index (χ2n) is 1.29. The Hall–Kier alpha value is 0.250. The molecule has 0 saturated heterocycles. The van der Waals surface area contributed by atoms with Crippen LogP contribution in [0.4, 0.5) is 4.79 Å². The van der Waals surface area contributed by atoms with Gasteiger partial charge in [-0.25, -0.2) is 0 Å². The number of rotatable bonds is 0. The molecular formula is C4H6Cl2O. The van der Waals surface area contributed by atoms with Gasteiger partial charge in [-0.15, -0.1) is 0 Å². The van der Waals surface area contributed by atoms with E-state index in [9.17, 15) is 0 Å². The van der Waals surface area contributed by atoms with Crippen molar-refractivity contribution in [2.24, 2.45) is 0 Å². The highest BCUT2D eigenvalue weighted by Gasteiger charge is 1.95. The van der Waals surface area contributed by atoms with Crippen molar-refractivity contribution in [3.63, 3.8) is 0 Å². The van der Waals surface area contributed by atoms with Gasteiger partial charge in [-0.2, -0.15) is 0 Å². The standard InChI is InChI=1S/C3H6.CCl2O/c1-2-3-1;2-1(3)4/h1-3H2;. The highest BCUT2D eigenvalue weighted by atomic mass is 35.5. The zero-order chi connectivity index (χ0) is 5.70. The SMILES string of the molecule is C1CC1.O=C(Cl)Cl. The Morgan fingerprint density at radius 1 is 1.14 bits per heavy atom. The summed E-state index contributed by atoms with van der Waals surface area (Å²) in [4.78, 5) is 8.98. The van der Waals surface area contributed by atoms with E-state index in [1.165, 1.54) is 19.3 Å². The minimum Gasteiger partial charge on any atom is -0.262 e. The Morgan fingerprint density at radius 2 is 1.29 bits per heavy atom. The van der Waals surface area contributed by atoms with Crippen molar-refractivity contribution in [3.8, 4) is 0 Å². The highest BCUT2D eigenvalue weighted by molar-refractivity contribution is 6.93. The lowest BCUT2D eigenvalue weighted by atomic mass is 11.0. The zero-order valence-corrected chi connectivity index (χ0v) is 5.30. The number of carbonyl (C=O) groups is 1. The van der Waals surface area contributed by atoms with E-state index in [0.29, 0.717) is 0 Å². The van der Waals surface area contributed by atoms with E-state index >= 15 is 0 Å². The van der Waals surface area contributed by atoms with Gasteiger partial charge in [0.05, 0.1) is 0 Å². The van der Waals surface area contributed by atoms with Crippen molar-refractivity contribution in [2.45, 2.75) is 19.3 Å². The average molecular weight is 141 g/mol. The number of carbonyl (C=O) groups excluding carboxylic acids is 1. The molecule has 0 heterocycles. The molecule has 0 N–H and O–H groups in total. The molecule has 0 aliphatic heterocycles. The van der Waals surface area contributed by atoms with Gasteiger partial charge in [0.1, 0.15) is 0 Å². The van der Waals surface area contributed by atoms with Crippen molar-refractivity contribution >= 4 is 27.9 Å². The molecule has 0 bridgehead atoms. The van der Waals surface area contributed by atoms with Gasteiger partial charge in [0.25, 0.3) is 0 Å². The predicted molar refractivity (Wildman–Crippen MR) is 31.0 cm³/mol. The van der Waals surface area contributed by atoms with Gasteiger partial charge in [0.15, 0.2) is 0 Å². The highest BCUT2D eigenvalue weighted by Crippen LogP contribution is 2.14. The Morgan fingerprint density at radius 3 is 1.29 bits per heavy atom. The maximum atomic E-state index is 8.98. The summed E-state index contributed by atoms with van der Waals surface area (Å²) in [7, 11) is 0. The first-order valence-corrected chi connectivity index (χ1v) is 2.84. The summed E-state index contributed by atoms with van der Waals surface area (Å²) in [6, 6.07) is 0. The van der Waals surface area contributed by atoms with Crippen LogP contribution in [0, 0.1) is 0 Å². The molecular weight excluding hydrogens is 135 g/mol. The van der Waals surface area contributed by atoms with Crippen LogP contribution in [0.2, 0.25) is 0 Å². The summed E-state index contributed by atoms with van der Waals surface area (Å²) >= 11 is 8.80. The Kier molecular flexibility index (Phi) is 4.57.